The molecule has 0 N–H and O–H groups in total. The maximum absolute atomic E-state index is 9.15. The second kappa shape index (κ2) is 5.12. The molecule has 2 aromatic rings. The molecule has 0 aromatic carbocycles. The molecule has 0 fully saturated rings. The van der Waals surface area contributed by atoms with Crippen LogP contribution in [0.4, 0.5) is 5.82 Å². The summed E-state index contributed by atoms with van der Waals surface area (Å²) in [5.41, 5.74) is 3.55. The van der Waals surface area contributed by atoms with Crippen LogP contribution in [0.2, 0.25) is 0 Å². The molecule has 0 saturated carbocycles. The largest absolute Gasteiger partial charge is 0.356 e. The Morgan fingerprint density at radius 3 is 3.00 bits per heavy atom. The number of anilines is 1. The lowest BCUT2D eigenvalue weighted by Gasteiger charge is -2.20. The van der Waals surface area contributed by atoms with Gasteiger partial charge in [-0.15, -0.1) is 0 Å². The molecule has 1 aliphatic rings. The topological polar surface area (TPSA) is 57.2 Å². The van der Waals surface area contributed by atoms with Crippen molar-refractivity contribution in [3.8, 4) is 6.07 Å². The molecule has 0 atom stereocenters. The molecule has 0 aliphatic carbocycles. The molecule has 0 saturated heterocycles. The van der Waals surface area contributed by atoms with Crippen LogP contribution in [0.25, 0.3) is 5.65 Å². The van der Waals surface area contributed by atoms with Gasteiger partial charge in [-0.2, -0.15) is 14.9 Å². The number of rotatable bonds is 4. The highest BCUT2D eigenvalue weighted by Crippen LogP contribution is 2.31. The molecule has 0 unspecified atom stereocenters. The van der Waals surface area contributed by atoms with Gasteiger partial charge in [0.1, 0.15) is 17.5 Å². The normalized spacial score (nSPS) is 13.8. The minimum atomic E-state index is 0.552. The third-order valence-corrected chi connectivity index (χ3v) is 4.01. The molecule has 5 nitrogen and oxygen atoms in total. The summed E-state index contributed by atoms with van der Waals surface area (Å²) in [7, 11) is 0. The molecule has 20 heavy (non-hydrogen) atoms. The van der Waals surface area contributed by atoms with Gasteiger partial charge >= 0.3 is 0 Å². The van der Waals surface area contributed by atoms with Gasteiger partial charge in [0, 0.05) is 24.3 Å². The van der Waals surface area contributed by atoms with Crippen LogP contribution in [-0.2, 0) is 6.42 Å². The highest BCUT2D eigenvalue weighted by Gasteiger charge is 2.26. The third kappa shape index (κ3) is 1.92. The molecular formula is C15H19N5. The van der Waals surface area contributed by atoms with Gasteiger partial charge < -0.3 is 4.90 Å². The molecule has 2 aromatic heterocycles. The van der Waals surface area contributed by atoms with E-state index in [4.69, 9.17) is 5.26 Å². The summed E-state index contributed by atoms with van der Waals surface area (Å²) < 4.78 is 1.85. The zero-order valence-electron chi connectivity index (χ0n) is 12.1. The number of hydrogen-bond donors (Lipinski definition) is 0. The Balaban J connectivity index is 2.05. The predicted octanol–water partition coefficient (Wildman–Crippen LogP) is 2.46. The van der Waals surface area contributed by atoms with Crippen molar-refractivity contribution in [3.63, 3.8) is 0 Å². The second-order valence-electron chi connectivity index (χ2n) is 5.35. The number of aromatic nitrogens is 3. The summed E-state index contributed by atoms with van der Waals surface area (Å²) in [4.78, 5) is 6.95. The first kappa shape index (κ1) is 12.9. The zero-order chi connectivity index (χ0) is 14.1. The first-order valence-corrected chi connectivity index (χ1v) is 7.28. The van der Waals surface area contributed by atoms with Crippen LogP contribution in [-0.4, -0.2) is 27.7 Å². The molecule has 104 valence electrons. The Labute approximate surface area is 118 Å². The molecular weight excluding hydrogens is 250 g/mol. The van der Waals surface area contributed by atoms with Gasteiger partial charge in [-0.3, -0.25) is 0 Å². The van der Waals surface area contributed by atoms with Crippen molar-refractivity contribution in [2.24, 2.45) is 0 Å². The van der Waals surface area contributed by atoms with Gasteiger partial charge in [0.25, 0.3) is 0 Å². The Morgan fingerprint density at radius 1 is 1.40 bits per heavy atom. The Kier molecular flexibility index (Phi) is 3.31. The molecule has 3 heterocycles. The van der Waals surface area contributed by atoms with Gasteiger partial charge in [0.2, 0.25) is 0 Å². The Morgan fingerprint density at radius 2 is 2.25 bits per heavy atom. The highest BCUT2D eigenvalue weighted by atomic mass is 15.4. The number of nitrogens with zero attached hydrogens (tertiary/aromatic N) is 5. The van der Waals surface area contributed by atoms with Crippen LogP contribution in [0, 0.1) is 18.3 Å². The predicted molar refractivity (Wildman–Crippen MR) is 77.9 cm³/mol. The fraction of sp³-hybridized carbons (Fsp3) is 0.533. The minimum absolute atomic E-state index is 0.552. The summed E-state index contributed by atoms with van der Waals surface area (Å²) in [6, 6.07) is 2.17. The molecule has 0 amide bonds. The zero-order valence-corrected chi connectivity index (χ0v) is 12.1. The van der Waals surface area contributed by atoms with Crippen LogP contribution in [0.5, 0.6) is 0 Å². The third-order valence-electron chi connectivity index (χ3n) is 4.01. The van der Waals surface area contributed by atoms with E-state index in [1.54, 1.807) is 6.20 Å². The van der Waals surface area contributed by atoms with E-state index in [1.807, 2.05) is 11.4 Å². The monoisotopic (exact) mass is 269 g/mol. The lowest BCUT2D eigenvalue weighted by molar-refractivity contribution is 0.679. The number of aryl methyl sites for hydroxylation is 1. The van der Waals surface area contributed by atoms with Crippen molar-refractivity contribution in [3.05, 3.63) is 23.0 Å². The van der Waals surface area contributed by atoms with E-state index in [-0.39, 0.29) is 0 Å². The molecule has 3 rings (SSSR count). The molecule has 5 heteroatoms. The second-order valence-corrected chi connectivity index (χ2v) is 5.35. The molecule has 0 bridgehead atoms. The van der Waals surface area contributed by atoms with E-state index in [1.165, 1.54) is 24.8 Å². The van der Waals surface area contributed by atoms with Crippen LogP contribution >= 0.6 is 0 Å². The quantitative estimate of drug-likeness (QED) is 0.800. The number of fused-ring (bicyclic) bond motifs is 3. The summed E-state index contributed by atoms with van der Waals surface area (Å²) in [6.45, 7) is 6.34. The Bertz CT molecular complexity index is 680. The van der Waals surface area contributed by atoms with Crippen molar-refractivity contribution in [1.82, 2.24) is 14.6 Å². The summed E-state index contributed by atoms with van der Waals surface area (Å²) >= 11 is 0. The Hall–Kier alpha value is -2.09. The maximum Gasteiger partial charge on any atom is 0.175 e. The average molecular weight is 269 g/mol. The lowest BCUT2D eigenvalue weighted by Crippen LogP contribution is -2.24. The standard InChI is InChI=1S/C15H19N5/c1-3-4-5-7-19-8-6-13-11(2)18-14-12(9-16)10-17-20(14)15(13)19/h10H,3-8H2,1-2H3. The van der Waals surface area contributed by atoms with E-state index in [0.717, 1.165) is 31.0 Å². The van der Waals surface area contributed by atoms with Gasteiger partial charge in [0.15, 0.2) is 5.65 Å². The van der Waals surface area contributed by atoms with Crippen molar-refractivity contribution in [2.75, 3.05) is 18.0 Å². The number of nitriles is 1. The summed E-state index contributed by atoms with van der Waals surface area (Å²) in [5.74, 6) is 1.14. The summed E-state index contributed by atoms with van der Waals surface area (Å²) in [5, 5.41) is 13.5. The van der Waals surface area contributed by atoms with E-state index in [0.29, 0.717) is 11.2 Å². The maximum atomic E-state index is 9.15. The highest BCUT2D eigenvalue weighted by molar-refractivity contribution is 5.64. The van der Waals surface area contributed by atoms with E-state index in [2.05, 4.69) is 28.0 Å². The van der Waals surface area contributed by atoms with E-state index >= 15 is 0 Å². The fourth-order valence-electron chi connectivity index (χ4n) is 2.94. The summed E-state index contributed by atoms with van der Waals surface area (Å²) in [6.07, 6.45) is 6.32. The molecule has 1 aliphatic heterocycles. The van der Waals surface area contributed by atoms with Gasteiger partial charge in [-0.05, 0) is 19.8 Å². The van der Waals surface area contributed by atoms with Crippen molar-refractivity contribution < 1.29 is 0 Å². The van der Waals surface area contributed by atoms with Crippen LogP contribution in [0.15, 0.2) is 6.20 Å². The van der Waals surface area contributed by atoms with E-state index in [9.17, 15) is 0 Å². The van der Waals surface area contributed by atoms with Crippen LogP contribution in [0.3, 0.4) is 0 Å². The van der Waals surface area contributed by atoms with Crippen LogP contribution in [0.1, 0.15) is 43.0 Å². The smallest absolute Gasteiger partial charge is 0.175 e. The average Bonchev–Trinajstić information content (AvgIpc) is 3.03. The van der Waals surface area contributed by atoms with Crippen LogP contribution < -0.4 is 4.90 Å². The SMILES string of the molecule is CCCCCN1CCc2c(C)nc3c(C#N)cnn3c21. The molecule has 0 radical (unpaired) electrons. The minimum Gasteiger partial charge on any atom is -0.356 e. The van der Waals surface area contributed by atoms with Gasteiger partial charge in [-0.25, -0.2) is 4.98 Å². The van der Waals surface area contributed by atoms with E-state index < -0.39 is 0 Å². The van der Waals surface area contributed by atoms with Crippen molar-refractivity contribution in [2.45, 2.75) is 39.5 Å². The van der Waals surface area contributed by atoms with Gasteiger partial charge in [0.05, 0.1) is 6.20 Å². The first-order valence-electron chi connectivity index (χ1n) is 7.28. The first-order chi connectivity index (χ1) is 9.76. The molecule has 0 spiro atoms. The fourth-order valence-corrected chi connectivity index (χ4v) is 2.94. The number of unbranched alkanes of at least 4 members (excludes halogenated alkanes) is 2. The lowest BCUT2D eigenvalue weighted by atomic mass is 10.2. The number of hydrogen-bond acceptors (Lipinski definition) is 4. The van der Waals surface area contributed by atoms with Crippen molar-refractivity contribution in [1.29, 1.82) is 5.26 Å². The van der Waals surface area contributed by atoms with Crippen molar-refractivity contribution >= 4 is 11.5 Å². The van der Waals surface area contributed by atoms with Gasteiger partial charge in [-0.1, -0.05) is 19.8 Å².